The van der Waals surface area contributed by atoms with Crippen molar-refractivity contribution in [3.63, 3.8) is 0 Å². The number of pyridine rings is 1. The number of ether oxygens (including phenoxy) is 1. The molecule has 7 heteroatoms. The summed E-state index contributed by atoms with van der Waals surface area (Å²) in [6.45, 7) is 4.28. The molecule has 1 saturated carbocycles. The van der Waals surface area contributed by atoms with Gasteiger partial charge in [0.15, 0.2) is 5.69 Å². The predicted octanol–water partition coefficient (Wildman–Crippen LogP) is 2.24. The van der Waals surface area contributed by atoms with Crippen molar-refractivity contribution in [3.05, 3.63) is 41.9 Å². The van der Waals surface area contributed by atoms with Crippen molar-refractivity contribution in [2.45, 2.75) is 26.3 Å². The van der Waals surface area contributed by atoms with Gasteiger partial charge in [0.1, 0.15) is 5.82 Å². The fourth-order valence-electron chi connectivity index (χ4n) is 3.12. The van der Waals surface area contributed by atoms with Gasteiger partial charge in [-0.2, -0.15) is 4.39 Å². The largest absolute Gasteiger partial charge is 0.461 e. The Morgan fingerprint density at radius 1 is 1.38 bits per heavy atom. The molecule has 1 spiro atoms. The van der Waals surface area contributed by atoms with Crippen LogP contribution in [0.1, 0.15) is 35.8 Å². The molecule has 0 aromatic carbocycles. The minimum Gasteiger partial charge on any atom is -0.461 e. The molecular weight excluding hydrogens is 311 g/mol. The molecule has 3 heterocycles. The van der Waals surface area contributed by atoms with E-state index in [1.165, 1.54) is 19.2 Å². The Morgan fingerprint density at radius 2 is 2.17 bits per heavy atom. The van der Waals surface area contributed by atoms with E-state index in [1.54, 1.807) is 23.8 Å². The first kappa shape index (κ1) is 15.1. The van der Waals surface area contributed by atoms with E-state index in [0.29, 0.717) is 23.4 Å². The van der Waals surface area contributed by atoms with Gasteiger partial charge < -0.3 is 14.2 Å². The van der Waals surface area contributed by atoms with Crippen LogP contribution in [0.2, 0.25) is 0 Å². The van der Waals surface area contributed by atoms with Crippen molar-refractivity contribution in [3.8, 4) is 0 Å². The van der Waals surface area contributed by atoms with Crippen molar-refractivity contribution < 1.29 is 13.9 Å². The van der Waals surface area contributed by atoms with Gasteiger partial charge in [0.25, 0.3) is 0 Å². The van der Waals surface area contributed by atoms with E-state index < -0.39 is 11.9 Å². The number of carbonyl (C=O) groups is 1. The first-order valence-electron chi connectivity index (χ1n) is 8.18. The van der Waals surface area contributed by atoms with Crippen LogP contribution in [-0.2, 0) is 11.3 Å². The van der Waals surface area contributed by atoms with Crippen molar-refractivity contribution >= 4 is 11.8 Å². The average molecular weight is 330 g/mol. The van der Waals surface area contributed by atoms with Gasteiger partial charge in [-0.05, 0) is 31.9 Å². The van der Waals surface area contributed by atoms with E-state index in [0.717, 1.165) is 13.1 Å². The number of halogens is 1. The molecule has 0 atom stereocenters. The third-order valence-corrected chi connectivity index (χ3v) is 4.72. The van der Waals surface area contributed by atoms with Gasteiger partial charge in [-0.25, -0.2) is 14.8 Å². The molecular formula is C17H19FN4O2. The Hall–Kier alpha value is -2.44. The van der Waals surface area contributed by atoms with E-state index in [-0.39, 0.29) is 12.2 Å². The number of esters is 1. The lowest BCUT2D eigenvalue weighted by atomic mass is 9.97. The third-order valence-electron chi connectivity index (χ3n) is 4.72. The molecule has 2 aromatic heterocycles. The summed E-state index contributed by atoms with van der Waals surface area (Å²) in [7, 11) is 0. The topological polar surface area (TPSA) is 60.2 Å². The maximum absolute atomic E-state index is 14.3. The standard InChI is InChI=1S/C17H19FN4O2/c1-2-24-16(23)13-8-21(11-19-13)7-12-3-4-14(20-15(12)18)22-9-17(10-22)5-6-17/h3-4,8,11H,2,5-7,9-10H2,1H3. The molecule has 126 valence electrons. The van der Waals surface area contributed by atoms with Gasteiger partial charge >= 0.3 is 5.97 Å². The van der Waals surface area contributed by atoms with Gasteiger partial charge in [-0.1, -0.05) is 0 Å². The lowest BCUT2D eigenvalue weighted by molar-refractivity contribution is 0.0520. The van der Waals surface area contributed by atoms with Gasteiger partial charge in [0, 0.05) is 30.3 Å². The highest BCUT2D eigenvalue weighted by atomic mass is 19.1. The second kappa shape index (κ2) is 5.58. The zero-order valence-electron chi connectivity index (χ0n) is 13.5. The van der Waals surface area contributed by atoms with Crippen LogP contribution >= 0.6 is 0 Å². The summed E-state index contributed by atoms with van der Waals surface area (Å²) in [5.74, 6) is -0.251. The molecule has 2 aromatic rings. The highest BCUT2D eigenvalue weighted by Crippen LogP contribution is 2.53. The number of anilines is 1. The number of aromatic nitrogens is 3. The summed E-state index contributed by atoms with van der Waals surface area (Å²) >= 11 is 0. The van der Waals surface area contributed by atoms with Gasteiger partial charge in [0.05, 0.1) is 19.5 Å². The minimum absolute atomic E-state index is 0.220. The first-order valence-corrected chi connectivity index (χ1v) is 8.18. The smallest absolute Gasteiger partial charge is 0.358 e. The second-order valence-electron chi connectivity index (χ2n) is 6.63. The van der Waals surface area contributed by atoms with Crippen LogP contribution in [0.3, 0.4) is 0 Å². The number of hydrogen-bond donors (Lipinski definition) is 0. The number of carbonyl (C=O) groups excluding carboxylic acids is 1. The molecule has 1 aliphatic carbocycles. The van der Waals surface area contributed by atoms with Gasteiger partial charge in [-0.15, -0.1) is 0 Å². The molecule has 0 radical (unpaired) electrons. The summed E-state index contributed by atoms with van der Waals surface area (Å²) in [6.07, 6.45) is 5.62. The lowest BCUT2D eigenvalue weighted by Crippen LogP contribution is -2.48. The molecule has 4 rings (SSSR count). The molecule has 0 amide bonds. The zero-order chi connectivity index (χ0) is 16.7. The Bertz CT molecular complexity index is 777. The molecule has 1 saturated heterocycles. The van der Waals surface area contributed by atoms with Crippen LogP contribution in [0.5, 0.6) is 0 Å². The zero-order valence-corrected chi connectivity index (χ0v) is 13.5. The van der Waals surface area contributed by atoms with Crippen LogP contribution in [0.25, 0.3) is 0 Å². The SMILES string of the molecule is CCOC(=O)c1cn(Cc2ccc(N3CC4(CC4)C3)nc2F)cn1. The van der Waals surface area contributed by atoms with Crippen LogP contribution in [-0.4, -0.2) is 40.2 Å². The predicted molar refractivity (Wildman–Crippen MR) is 85.4 cm³/mol. The summed E-state index contributed by atoms with van der Waals surface area (Å²) in [5, 5.41) is 0. The summed E-state index contributed by atoms with van der Waals surface area (Å²) in [4.78, 5) is 21.8. The quantitative estimate of drug-likeness (QED) is 0.621. The lowest BCUT2D eigenvalue weighted by Gasteiger charge is -2.40. The molecule has 6 nitrogen and oxygen atoms in total. The molecule has 0 N–H and O–H groups in total. The minimum atomic E-state index is -0.476. The Morgan fingerprint density at radius 3 is 2.83 bits per heavy atom. The van der Waals surface area contributed by atoms with Crippen LogP contribution in [0.15, 0.2) is 24.7 Å². The maximum Gasteiger partial charge on any atom is 0.358 e. The molecule has 2 aliphatic rings. The second-order valence-corrected chi connectivity index (χ2v) is 6.63. The molecule has 0 unspecified atom stereocenters. The van der Waals surface area contributed by atoms with Crippen molar-refractivity contribution in [2.75, 3.05) is 24.6 Å². The fraction of sp³-hybridized carbons (Fsp3) is 0.471. The van der Waals surface area contributed by atoms with Crippen LogP contribution < -0.4 is 4.90 Å². The Balaban J connectivity index is 1.44. The average Bonchev–Trinajstić information content (AvgIpc) is 3.20. The number of rotatable bonds is 5. The van der Waals surface area contributed by atoms with E-state index in [4.69, 9.17) is 4.74 Å². The van der Waals surface area contributed by atoms with Crippen molar-refractivity contribution in [1.82, 2.24) is 14.5 Å². The van der Waals surface area contributed by atoms with E-state index in [9.17, 15) is 9.18 Å². The Kier molecular flexibility index (Phi) is 3.51. The van der Waals surface area contributed by atoms with Crippen molar-refractivity contribution in [1.29, 1.82) is 0 Å². The number of imidazole rings is 1. The fourth-order valence-corrected chi connectivity index (χ4v) is 3.12. The molecule has 1 aliphatic heterocycles. The normalized spacial score (nSPS) is 17.7. The highest BCUT2D eigenvalue weighted by molar-refractivity contribution is 5.86. The van der Waals surface area contributed by atoms with Gasteiger partial charge in [-0.3, -0.25) is 0 Å². The summed E-state index contributed by atoms with van der Waals surface area (Å²) < 4.78 is 20.8. The van der Waals surface area contributed by atoms with Crippen molar-refractivity contribution in [2.24, 2.45) is 5.41 Å². The van der Waals surface area contributed by atoms with Crippen LogP contribution in [0, 0.1) is 11.4 Å². The third kappa shape index (κ3) is 2.74. The van der Waals surface area contributed by atoms with Crippen LogP contribution in [0.4, 0.5) is 10.2 Å². The molecule has 2 fully saturated rings. The Labute approximate surface area is 139 Å². The van der Waals surface area contributed by atoms with E-state index in [2.05, 4.69) is 14.9 Å². The van der Waals surface area contributed by atoms with E-state index >= 15 is 0 Å². The monoisotopic (exact) mass is 330 g/mol. The number of nitrogens with zero attached hydrogens (tertiary/aromatic N) is 4. The van der Waals surface area contributed by atoms with Gasteiger partial charge in [0.2, 0.25) is 5.95 Å². The molecule has 24 heavy (non-hydrogen) atoms. The highest BCUT2D eigenvalue weighted by Gasteiger charge is 2.52. The van der Waals surface area contributed by atoms with E-state index in [1.807, 2.05) is 6.07 Å². The maximum atomic E-state index is 14.3. The molecule has 0 bridgehead atoms. The summed E-state index contributed by atoms with van der Waals surface area (Å²) in [5.41, 5.74) is 1.20. The summed E-state index contributed by atoms with van der Waals surface area (Å²) in [6, 6.07) is 3.61. The first-order chi connectivity index (χ1) is 11.6. The number of hydrogen-bond acceptors (Lipinski definition) is 5.